The Morgan fingerprint density at radius 1 is 1.08 bits per heavy atom. The molecule has 2 aromatic rings. The summed E-state index contributed by atoms with van der Waals surface area (Å²) in [5.74, 6) is 1.77. The molecule has 0 radical (unpaired) electrons. The molecule has 0 aromatic heterocycles. The van der Waals surface area contributed by atoms with E-state index < -0.39 is 0 Å². The van der Waals surface area contributed by atoms with Gasteiger partial charge in [0.2, 0.25) is 5.91 Å². The van der Waals surface area contributed by atoms with E-state index in [-0.39, 0.29) is 11.9 Å². The van der Waals surface area contributed by atoms with Crippen LogP contribution in [0.5, 0.6) is 11.5 Å². The smallest absolute Gasteiger partial charge is 0.220 e. The fourth-order valence-electron chi connectivity index (χ4n) is 2.68. The lowest BCUT2D eigenvalue weighted by Crippen LogP contribution is -2.36. The Labute approximate surface area is 150 Å². The molecule has 134 valence electrons. The van der Waals surface area contributed by atoms with Crippen LogP contribution in [-0.4, -0.2) is 25.7 Å². The van der Waals surface area contributed by atoms with Gasteiger partial charge < -0.3 is 14.8 Å². The summed E-state index contributed by atoms with van der Waals surface area (Å²) in [6.45, 7) is 6.43. The van der Waals surface area contributed by atoms with Crippen LogP contribution >= 0.6 is 0 Å². The second kappa shape index (κ2) is 9.11. The second-order valence-corrected chi connectivity index (χ2v) is 6.35. The summed E-state index contributed by atoms with van der Waals surface area (Å²) in [4.78, 5) is 12.1. The molecule has 0 bridgehead atoms. The van der Waals surface area contributed by atoms with E-state index in [1.165, 1.54) is 0 Å². The maximum Gasteiger partial charge on any atom is 0.220 e. The Balaban J connectivity index is 1.76. The molecule has 0 saturated heterocycles. The number of hydrogen-bond donors (Lipinski definition) is 1. The molecular formula is C21H27NO3. The maximum atomic E-state index is 12.1. The zero-order valence-corrected chi connectivity index (χ0v) is 15.5. The third-order valence-corrected chi connectivity index (χ3v) is 4.09. The van der Waals surface area contributed by atoms with E-state index in [1.807, 2.05) is 57.2 Å². The van der Waals surface area contributed by atoms with Gasteiger partial charge in [-0.05, 0) is 56.0 Å². The largest absolute Gasteiger partial charge is 0.496 e. The molecule has 0 fully saturated rings. The molecule has 4 heteroatoms. The molecular weight excluding hydrogens is 314 g/mol. The van der Waals surface area contributed by atoms with Crippen molar-refractivity contribution in [3.8, 4) is 11.5 Å². The van der Waals surface area contributed by atoms with E-state index in [0.717, 1.165) is 28.2 Å². The van der Waals surface area contributed by atoms with Gasteiger partial charge in [-0.1, -0.05) is 30.3 Å². The fourth-order valence-corrected chi connectivity index (χ4v) is 2.68. The minimum Gasteiger partial charge on any atom is -0.496 e. The van der Waals surface area contributed by atoms with E-state index in [2.05, 4.69) is 11.4 Å². The lowest BCUT2D eigenvalue weighted by molar-refractivity contribution is -0.121. The average Bonchev–Trinajstić information content (AvgIpc) is 2.59. The van der Waals surface area contributed by atoms with Gasteiger partial charge >= 0.3 is 0 Å². The predicted molar refractivity (Wildman–Crippen MR) is 100 cm³/mol. The highest BCUT2D eigenvalue weighted by molar-refractivity contribution is 5.76. The standard InChI is InChI=1S/C21H27NO3/c1-15-7-5-6-8-20(15)25-14-17(3)22-21(23)12-10-18-9-11-19(24-4)16(2)13-18/h5-9,11,13,17H,10,12,14H2,1-4H3,(H,22,23)/t17-/m1/s1. The predicted octanol–water partition coefficient (Wildman–Crippen LogP) is 3.83. The van der Waals surface area contributed by atoms with Crippen LogP contribution in [0.4, 0.5) is 0 Å². The summed E-state index contributed by atoms with van der Waals surface area (Å²) >= 11 is 0. The number of carbonyl (C=O) groups is 1. The van der Waals surface area contributed by atoms with Crippen molar-refractivity contribution in [2.75, 3.05) is 13.7 Å². The van der Waals surface area contributed by atoms with Crippen LogP contribution in [0, 0.1) is 13.8 Å². The first kappa shape index (κ1) is 18.8. The first-order chi connectivity index (χ1) is 12.0. The average molecular weight is 341 g/mol. The number of benzene rings is 2. The minimum absolute atomic E-state index is 0.0364. The van der Waals surface area contributed by atoms with Gasteiger partial charge in [0.1, 0.15) is 18.1 Å². The van der Waals surface area contributed by atoms with E-state index >= 15 is 0 Å². The third kappa shape index (κ3) is 5.82. The van der Waals surface area contributed by atoms with E-state index in [9.17, 15) is 4.79 Å². The van der Waals surface area contributed by atoms with Crippen molar-refractivity contribution in [1.82, 2.24) is 5.32 Å². The van der Waals surface area contributed by atoms with Gasteiger partial charge in [-0.25, -0.2) is 0 Å². The van der Waals surface area contributed by atoms with E-state index in [0.29, 0.717) is 19.4 Å². The Kier molecular flexibility index (Phi) is 6.87. The normalized spacial score (nSPS) is 11.7. The molecule has 0 aliphatic rings. The van der Waals surface area contributed by atoms with Gasteiger partial charge in [0.05, 0.1) is 13.2 Å². The topological polar surface area (TPSA) is 47.6 Å². The lowest BCUT2D eigenvalue weighted by Gasteiger charge is -2.16. The van der Waals surface area contributed by atoms with Crippen molar-refractivity contribution in [2.24, 2.45) is 0 Å². The number of para-hydroxylation sites is 1. The highest BCUT2D eigenvalue weighted by atomic mass is 16.5. The molecule has 1 N–H and O–H groups in total. The highest BCUT2D eigenvalue weighted by Gasteiger charge is 2.09. The van der Waals surface area contributed by atoms with Crippen LogP contribution in [-0.2, 0) is 11.2 Å². The molecule has 0 heterocycles. The quantitative estimate of drug-likeness (QED) is 0.794. The summed E-state index contributed by atoms with van der Waals surface area (Å²) in [5, 5.41) is 2.99. The number of hydrogen-bond acceptors (Lipinski definition) is 3. The van der Waals surface area contributed by atoms with Crippen molar-refractivity contribution in [3.05, 3.63) is 59.2 Å². The summed E-state index contributed by atoms with van der Waals surface area (Å²) in [5.41, 5.74) is 3.31. The van der Waals surface area contributed by atoms with Crippen molar-refractivity contribution < 1.29 is 14.3 Å². The number of rotatable bonds is 8. The monoisotopic (exact) mass is 341 g/mol. The number of amides is 1. The zero-order valence-electron chi connectivity index (χ0n) is 15.5. The third-order valence-electron chi connectivity index (χ3n) is 4.09. The molecule has 0 saturated carbocycles. The Hall–Kier alpha value is -2.49. The van der Waals surface area contributed by atoms with Gasteiger partial charge in [-0.3, -0.25) is 4.79 Å². The van der Waals surface area contributed by atoms with Gasteiger partial charge in [0, 0.05) is 6.42 Å². The number of aryl methyl sites for hydroxylation is 3. The Morgan fingerprint density at radius 2 is 1.84 bits per heavy atom. The Morgan fingerprint density at radius 3 is 2.52 bits per heavy atom. The van der Waals surface area contributed by atoms with Crippen LogP contribution < -0.4 is 14.8 Å². The van der Waals surface area contributed by atoms with Crippen LogP contribution in [0.3, 0.4) is 0 Å². The van der Waals surface area contributed by atoms with Crippen molar-refractivity contribution in [2.45, 2.75) is 39.7 Å². The summed E-state index contributed by atoms with van der Waals surface area (Å²) in [6, 6.07) is 13.9. The molecule has 1 amide bonds. The van der Waals surface area contributed by atoms with Crippen molar-refractivity contribution >= 4 is 5.91 Å². The van der Waals surface area contributed by atoms with Crippen LogP contribution in [0.1, 0.15) is 30.0 Å². The van der Waals surface area contributed by atoms with Crippen LogP contribution in [0.25, 0.3) is 0 Å². The van der Waals surface area contributed by atoms with Gasteiger partial charge in [-0.2, -0.15) is 0 Å². The zero-order chi connectivity index (χ0) is 18.2. The molecule has 0 aliphatic heterocycles. The number of ether oxygens (including phenoxy) is 2. The van der Waals surface area contributed by atoms with Gasteiger partial charge in [-0.15, -0.1) is 0 Å². The van der Waals surface area contributed by atoms with E-state index in [4.69, 9.17) is 9.47 Å². The van der Waals surface area contributed by atoms with Crippen molar-refractivity contribution in [3.63, 3.8) is 0 Å². The molecule has 2 rings (SSSR count). The molecule has 0 spiro atoms. The van der Waals surface area contributed by atoms with Gasteiger partial charge in [0.25, 0.3) is 0 Å². The summed E-state index contributed by atoms with van der Waals surface area (Å²) in [7, 11) is 1.66. The minimum atomic E-state index is -0.0373. The fraction of sp³-hybridized carbons (Fsp3) is 0.381. The number of nitrogens with one attached hydrogen (secondary N) is 1. The molecule has 0 aliphatic carbocycles. The number of carbonyl (C=O) groups excluding carboxylic acids is 1. The van der Waals surface area contributed by atoms with E-state index in [1.54, 1.807) is 7.11 Å². The Bertz CT molecular complexity index is 712. The number of methoxy groups -OCH3 is 1. The highest BCUT2D eigenvalue weighted by Crippen LogP contribution is 2.19. The van der Waals surface area contributed by atoms with Crippen LogP contribution in [0.15, 0.2) is 42.5 Å². The molecule has 1 atom stereocenters. The SMILES string of the molecule is COc1ccc(CCC(=O)N[C@H](C)COc2ccccc2C)cc1C. The van der Waals surface area contributed by atoms with Crippen LogP contribution in [0.2, 0.25) is 0 Å². The maximum absolute atomic E-state index is 12.1. The molecule has 0 unspecified atom stereocenters. The molecule has 4 nitrogen and oxygen atoms in total. The summed E-state index contributed by atoms with van der Waals surface area (Å²) < 4.78 is 11.0. The lowest BCUT2D eigenvalue weighted by atomic mass is 10.1. The molecule has 25 heavy (non-hydrogen) atoms. The molecule has 2 aromatic carbocycles. The van der Waals surface area contributed by atoms with Gasteiger partial charge in [0.15, 0.2) is 0 Å². The summed E-state index contributed by atoms with van der Waals surface area (Å²) in [6.07, 6.45) is 1.17. The van der Waals surface area contributed by atoms with Crippen molar-refractivity contribution in [1.29, 1.82) is 0 Å². The first-order valence-corrected chi connectivity index (χ1v) is 8.61. The first-order valence-electron chi connectivity index (χ1n) is 8.61. The second-order valence-electron chi connectivity index (χ2n) is 6.35.